The number of benzene rings is 2. The van der Waals surface area contributed by atoms with Crippen molar-refractivity contribution >= 4 is 22.2 Å². The summed E-state index contributed by atoms with van der Waals surface area (Å²) >= 11 is 1.57. The fourth-order valence-corrected chi connectivity index (χ4v) is 4.83. The van der Waals surface area contributed by atoms with Gasteiger partial charge in [-0.05, 0) is 36.2 Å². The van der Waals surface area contributed by atoms with Gasteiger partial charge in [0, 0.05) is 25.7 Å². The molecule has 2 aromatic carbocycles. The summed E-state index contributed by atoms with van der Waals surface area (Å²) < 4.78 is 11.3. The molecule has 31 heavy (non-hydrogen) atoms. The normalized spacial score (nSPS) is 13.8. The minimum absolute atomic E-state index is 0.0227. The molecule has 4 rings (SSSR count). The van der Waals surface area contributed by atoms with Crippen LogP contribution in [0.5, 0.6) is 5.75 Å². The first-order valence-electron chi connectivity index (χ1n) is 10.6. The number of anilines is 1. The van der Waals surface area contributed by atoms with Crippen molar-refractivity contribution in [1.82, 2.24) is 4.90 Å². The largest absolute Gasteiger partial charge is 0.492 e. The molecule has 0 atom stereocenters. The maximum atomic E-state index is 13.2. The van der Waals surface area contributed by atoms with Crippen molar-refractivity contribution in [2.75, 3.05) is 51.4 Å². The molecule has 2 heterocycles. The Labute approximate surface area is 187 Å². The van der Waals surface area contributed by atoms with E-state index in [1.807, 2.05) is 62.5 Å². The summed E-state index contributed by atoms with van der Waals surface area (Å²) in [6, 6.07) is 20.3. The number of likely N-dealkylation sites (N-methyl/N-ethyl adjacent to an activating group) is 1. The second-order valence-electron chi connectivity index (χ2n) is 7.69. The van der Waals surface area contributed by atoms with Crippen LogP contribution in [0.2, 0.25) is 0 Å². The fraction of sp³-hybridized carbons (Fsp3) is 0.320. The van der Waals surface area contributed by atoms with E-state index < -0.39 is 0 Å². The SMILES string of the molecule is Cc1cccc(OCCN(C)C(=O)c2cc(-c3ccccc3)c(N3CCOCC3)s2)c1. The van der Waals surface area contributed by atoms with Crippen LogP contribution in [0.25, 0.3) is 11.1 Å². The van der Waals surface area contributed by atoms with Crippen molar-refractivity contribution in [3.05, 3.63) is 71.1 Å². The first kappa shape index (κ1) is 21.4. The number of morpholine rings is 1. The number of carbonyl (C=O) groups is 1. The molecule has 6 heteroatoms. The van der Waals surface area contributed by atoms with Crippen LogP contribution in [0.15, 0.2) is 60.7 Å². The van der Waals surface area contributed by atoms with Crippen molar-refractivity contribution in [3.8, 4) is 16.9 Å². The van der Waals surface area contributed by atoms with Crippen LogP contribution in [0.4, 0.5) is 5.00 Å². The van der Waals surface area contributed by atoms with Gasteiger partial charge in [0.2, 0.25) is 0 Å². The lowest BCUT2D eigenvalue weighted by molar-refractivity contribution is 0.0778. The fourth-order valence-electron chi connectivity index (χ4n) is 3.61. The van der Waals surface area contributed by atoms with E-state index in [2.05, 4.69) is 17.0 Å². The Morgan fingerprint density at radius 1 is 1.10 bits per heavy atom. The third-order valence-corrected chi connectivity index (χ3v) is 6.52. The van der Waals surface area contributed by atoms with Gasteiger partial charge in [-0.15, -0.1) is 11.3 Å². The lowest BCUT2D eigenvalue weighted by atomic mass is 10.1. The van der Waals surface area contributed by atoms with Crippen LogP contribution < -0.4 is 9.64 Å². The van der Waals surface area contributed by atoms with Crippen LogP contribution in [-0.2, 0) is 4.74 Å². The second-order valence-corrected chi connectivity index (χ2v) is 8.72. The highest BCUT2D eigenvalue weighted by atomic mass is 32.1. The molecule has 3 aromatic rings. The molecule has 0 bridgehead atoms. The molecule has 5 nitrogen and oxygen atoms in total. The summed E-state index contributed by atoms with van der Waals surface area (Å²) in [5.41, 5.74) is 3.40. The van der Waals surface area contributed by atoms with Gasteiger partial charge >= 0.3 is 0 Å². The molecule has 1 aliphatic heterocycles. The van der Waals surface area contributed by atoms with Gasteiger partial charge in [0.15, 0.2) is 0 Å². The van der Waals surface area contributed by atoms with Crippen molar-refractivity contribution in [2.45, 2.75) is 6.92 Å². The van der Waals surface area contributed by atoms with Gasteiger partial charge in [0.25, 0.3) is 5.91 Å². The van der Waals surface area contributed by atoms with Crippen LogP contribution in [0, 0.1) is 6.92 Å². The predicted molar refractivity (Wildman–Crippen MR) is 126 cm³/mol. The monoisotopic (exact) mass is 436 g/mol. The quantitative estimate of drug-likeness (QED) is 0.538. The summed E-state index contributed by atoms with van der Waals surface area (Å²) in [4.78, 5) is 18.0. The number of thiophene rings is 1. The molecule has 0 aliphatic carbocycles. The van der Waals surface area contributed by atoms with E-state index in [0.29, 0.717) is 26.4 Å². The molecule has 1 fully saturated rings. The molecule has 1 aromatic heterocycles. The van der Waals surface area contributed by atoms with E-state index in [0.717, 1.165) is 45.4 Å². The molecule has 1 amide bonds. The molecule has 1 aliphatic rings. The third-order valence-electron chi connectivity index (χ3n) is 5.34. The number of aryl methyl sites for hydroxylation is 1. The lowest BCUT2D eigenvalue weighted by Crippen LogP contribution is -2.35. The lowest BCUT2D eigenvalue weighted by Gasteiger charge is -2.28. The van der Waals surface area contributed by atoms with Gasteiger partial charge in [-0.3, -0.25) is 4.79 Å². The molecule has 162 valence electrons. The minimum Gasteiger partial charge on any atom is -0.492 e. The molecule has 0 N–H and O–H groups in total. The van der Waals surface area contributed by atoms with E-state index in [1.54, 1.807) is 16.2 Å². The summed E-state index contributed by atoms with van der Waals surface area (Å²) in [5.74, 6) is 0.854. The first-order chi connectivity index (χ1) is 15.1. The van der Waals surface area contributed by atoms with Crippen molar-refractivity contribution in [3.63, 3.8) is 0 Å². The summed E-state index contributed by atoms with van der Waals surface area (Å²) in [7, 11) is 1.83. The smallest absolute Gasteiger partial charge is 0.263 e. The number of amides is 1. The second kappa shape index (κ2) is 9.98. The Morgan fingerprint density at radius 3 is 2.61 bits per heavy atom. The Morgan fingerprint density at radius 2 is 1.87 bits per heavy atom. The van der Waals surface area contributed by atoms with Gasteiger partial charge < -0.3 is 19.3 Å². The highest BCUT2D eigenvalue weighted by Gasteiger charge is 2.23. The Hall–Kier alpha value is -2.83. The first-order valence-corrected chi connectivity index (χ1v) is 11.4. The number of ether oxygens (including phenoxy) is 2. The molecule has 0 saturated carbocycles. The zero-order valence-corrected chi connectivity index (χ0v) is 18.9. The number of rotatable bonds is 7. The van der Waals surface area contributed by atoms with E-state index in [1.165, 1.54) is 0 Å². The van der Waals surface area contributed by atoms with Crippen molar-refractivity contribution in [1.29, 1.82) is 0 Å². The van der Waals surface area contributed by atoms with Crippen LogP contribution in [0.3, 0.4) is 0 Å². The third kappa shape index (κ3) is 5.27. The highest BCUT2D eigenvalue weighted by molar-refractivity contribution is 7.18. The molecular formula is C25H28N2O3S. The average Bonchev–Trinajstić information content (AvgIpc) is 3.25. The number of hydrogen-bond donors (Lipinski definition) is 0. The standard InChI is InChI=1S/C25H28N2O3S/c1-19-7-6-10-21(17-19)30-16-11-26(2)24(28)23-18-22(20-8-4-3-5-9-20)25(31-23)27-12-14-29-15-13-27/h3-10,17-18H,11-16H2,1-2H3. The molecule has 0 unspecified atom stereocenters. The minimum atomic E-state index is 0.0227. The topological polar surface area (TPSA) is 42.0 Å². The predicted octanol–water partition coefficient (Wildman–Crippen LogP) is 4.71. The zero-order chi connectivity index (χ0) is 21.6. The number of hydrogen-bond acceptors (Lipinski definition) is 5. The van der Waals surface area contributed by atoms with Crippen molar-refractivity contribution in [2.24, 2.45) is 0 Å². The van der Waals surface area contributed by atoms with Crippen LogP contribution in [0.1, 0.15) is 15.2 Å². The van der Waals surface area contributed by atoms with Gasteiger partial charge in [0.1, 0.15) is 12.4 Å². The van der Waals surface area contributed by atoms with Gasteiger partial charge in [-0.2, -0.15) is 0 Å². The van der Waals surface area contributed by atoms with Gasteiger partial charge in [0.05, 0.1) is 29.6 Å². The Kier molecular flexibility index (Phi) is 6.89. The maximum Gasteiger partial charge on any atom is 0.263 e. The number of carbonyl (C=O) groups excluding carboxylic acids is 1. The van der Waals surface area contributed by atoms with E-state index >= 15 is 0 Å². The summed E-state index contributed by atoms with van der Waals surface area (Å²) in [6.07, 6.45) is 0. The van der Waals surface area contributed by atoms with Crippen molar-refractivity contribution < 1.29 is 14.3 Å². The van der Waals surface area contributed by atoms with Gasteiger partial charge in [-0.1, -0.05) is 42.5 Å². The van der Waals surface area contributed by atoms with E-state index in [9.17, 15) is 4.79 Å². The molecular weight excluding hydrogens is 408 g/mol. The molecule has 0 radical (unpaired) electrons. The summed E-state index contributed by atoms with van der Waals surface area (Å²) in [6.45, 7) is 6.13. The molecule has 1 saturated heterocycles. The average molecular weight is 437 g/mol. The zero-order valence-electron chi connectivity index (χ0n) is 18.0. The molecule has 0 spiro atoms. The van der Waals surface area contributed by atoms with Crippen LogP contribution >= 0.6 is 11.3 Å². The Bertz CT molecular complexity index is 1010. The van der Waals surface area contributed by atoms with Crippen LogP contribution in [-0.4, -0.2) is 57.3 Å². The maximum absolute atomic E-state index is 13.2. The number of nitrogens with zero attached hydrogens (tertiary/aromatic N) is 2. The summed E-state index contributed by atoms with van der Waals surface area (Å²) in [5, 5.41) is 1.14. The Balaban J connectivity index is 1.48. The highest BCUT2D eigenvalue weighted by Crippen LogP contribution is 2.39. The van der Waals surface area contributed by atoms with E-state index in [4.69, 9.17) is 9.47 Å². The van der Waals surface area contributed by atoms with Gasteiger partial charge in [-0.25, -0.2) is 0 Å². The van der Waals surface area contributed by atoms with E-state index in [-0.39, 0.29) is 5.91 Å².